The van der Waals surface area contributed by atoms with Crippen molar-refractivity contribution in [1.82, 2.24) is 15.1 Å². The number of nitrogens with one attached hydrogen (secondary N) is 1. The number of thiophene rings is 1. The summed E-state index contributed by atoms with van der Waals surface area (Å²) in [5.41, 5.74) is 1.19. The van der Waals surface area contributed by atoms with E-state index in [1.165, 1.54) is 15.3 Å². The fourth-order valence-electron chi connectivity index (χ4n) is 3.13. The smallest absolute Gasteiger partial charge is 0.317 e. The van der Waals surface area contributed by atoms with Crippen molar-refractivity contribution in [3.8, 4) is 0 Å². The Morgan fingerprint density at radius 1 is 1.30 bits per heavy atom. The average molecular weight is 337 g/mol. The van der Waals surface area contributed by atoms with Crippen LogP contribution in [0.4, 0.5) is 4.79 Å². The van der Waals surface area contributed by atoms with Crippen molar-refractivity contribution in [2.75, 3.05) is 27.2 Å². The fourth-order valence-corrected chi connectivity index (χ4v) is 4.15. The van der Waals surface area contributed by atoms with Gasteiger partial charge in [0.05, 0.1) is 6.04 Å². The highest BCUT2D eigenvalue weighted by molar-refractivity contribution is 7.12. The maximum absolute atomic E-state index is 12.4. The number of amides is 3. The van der Waals surface area contributed by atoms with Crippen LogP contribution in [-0.2, 0) is 4.79 Å². The highest BCUT2D eigenvalue weighted by Gasteiger charge is 2.28. The Bertz CT molecular complexity index is 574. The van der Waals surface area contributed by atoms with Crippen LogP contribution >= 0.6 is 11.3 Å². The van der Waals surface area contributed by atoms with Gasteiger partial charge in [0.2, 0.25) is 5.91 Å². The van der Waals surface area contributed by atoms with E-state index in [0.29, 0.717) is 13.1 Å². The number of hydrogen-bond donors (Lipinski definition) is 1. The molecule has 6 heteroatoms. The number of likely N-dealkylation sites (tertiary alicyclic amines) is 1. The first kappa shape index (κ1) is 17.8. The van der Waals surface area contributed by atoms with Crippen LogP contribution in [0.25, 0.3) is 0 Å². The van der Waals surface area contributed by atoms with E-state index in [1.54, 1.807) is 30.3 Å². The Balaban J connectivity index is 1.88. The van der Waals surface area contributed by atoms with Gasteiger partial charge in [-0.15, -0.1) is 11.3 Å². The molecule has 1 N–H and O–H groups in total. The third-order valence-electron chi connectivity index (χ3n) is 4.46. The van der Waals surface area contributed by atoms with Gasteiger partial charge >= 0.3 is 6.03 Å². The third-order valence-corrected chi connectivity index (χ3v) is 5.44. The molecule has 0 radical (unpaired) electrons. The number of nitrogens with zero attached hydrogens (tertiary/aromatic N) is 2. The third kappa shape index (κ3) is 4.25. The molecule has 1 unspecified atom stereocenters. The van der Waals surface area contributed by atoms with Crippen molar-refractivity contribution >= 4 is 23.3 Å². The van der Waals surface area contributed by atoms with E-state index in [2.05, 4.69) is 25.2 Å². The van der Waals surface area contributed by atoms with Crippen molar-refractivity contribution in [3.63, 3.8) is 0 Å². The van der Waals surface area contributed by atoms with Gasteiger partial charge in [0, 0.05) is 42.9 Å². The van der Waals surface area contributed by atoms with Gasteiger partial charge in [-0.05, 0) is 45.2 Å². The number of piperidine rings is 1. The molecule has 23 heavy (non-hydrogen) atoms. The molecule has 0 saturated carbocycles. The summed E-state index contributed by atoms with van der Waals surface area (Å²) >= 11 is 1.76. The summed E-state index contributed by atoms with van der Waals surface area (Å²) in [5.74, 6) is 0.219. The number of carbonyl (C=O) groups excluding carboxylic acids is 2. The fraction of sp³-hybridized carbons (Fsp3) is 0.647. The van der Waals surface area contributed by atoms with E-state index in [-0.39, 0.29) is 23.9 Å². The predicted molar refractivity (Wildman–Crippen MR) is 93.7 cm³/mol. The summed E-state index contributed by atoms with van der Waals surface area (Å²) < 4.78 is 0. The van der Waals surface area contributed by atoms with Crippen LogP contribution in [0.2, 0.25) is 0 Å². The summed E-state index contributed by atoms with van der Waals surface area (Å²) in [4.78, 5) is 30.4. The van der Waals surface area contributed by atoms with Crippen molar-refractivity contribution in [3.05, 3.63) is 21.4 Å². The van der Waals surface area contributed by atoms with Gasteiger partial charge in [0.1, 0.15) is 0 Å². The Labute approximate surface area is 142 Å². The van der Waals surface area contributed by atoms with E-state index in [4.69, 9.17) is 0 Å². The predicted octanol–water partition coefficient (Wildman–Crippen LogP) is 2.94. The molecule has 2 heterocycles. The molecule has 128 valence electrons. The molecule has 0 aromatic carbocycles. The Morgan fingerprint density at radius 3 is 2.39 bits per heavy atom. The summed E-state index contributed by atoms with van der Waals surface area (Å²) in [5, 5.41) is 3.09. The largest absolute Gasteiger partial charge is 0.349 e. The molecule has 1 fully saturated rings. The van der Waals surface area contributed by atoms with Gasteiger partial charge in [-0.2, -0.15) is 0 Å². The molecular weight excluding hydrogens is 310 g/mol. The van der Waals surface area contributed by atoms with Crippen LogP contribution in [0.15, 0.2) is 6.07 Å². The van der Waals surface area contributed by atoms with Crippen LogP contribution in [0, 0.1) is 19.8 Å². The van der Waals surface area contributed by atoms with Crippen molar-refractivity contribution in [1.29, 1.82) is 0 Å². The Kier molecular flexibility index (Phi) is 5.68. The lowest BCUT2D eigenvalue weighted by Gasteiger charge is -2.33. The van der Waals surface area contributed by atoms with Crippen molar-refractivity contribution < 1.29 is 9.59 Å². The lowest BCUT2D eigenvalue weighted by molar-refractivity contribution is -0.134. The lowest BCUT2D eigenvalue weighted by Crippen LogP contribution is -2.47. The topological polar surface area (TPSA) is 52.7 Å². The molecule has 1 aliphatic rings. The molecule has 1 atom stereocenters. The molecule has 2 rings (SSSR count). The molecular formula is C17H27N3O2S. The second-order valence-electron chi connectivity index (χ2n) is 6.53. The summed E-state index contributed by atoms with van der Waals surface area (Å²) in [7, 11) is 3.57. The number of urea groups is 1. The zero-order valence-corrected chi connectivity index (χ0v) is 15.5. The zero-order valence-electron chi connectivity index (χ0n) is 14.7. The number of rotatable bonds is 3. The first-order chi connectivity index (χ1) is 10.8. The van der Waals surface area contributed by atoms with E-state index in [1.807, 2.05) is 11.8 Å². The van der Waals surface area contributed by atoms with Crippen molar-refractivity contribution in [2.45, 2.75) is 39.7 Å². The van der Waals surface area contributed by atoms with E-state index >= 15 is 0 Å². The van der Waals surface area contributed by atoms with Gasteiger partial charge < -0.3 is 15.1 Å². The first-order valence-electron chi connectivity index (χ1n) is 8.13. The van der Waals surface area contributed by atoms with Gasteiger partial charge in [-0.3, -0.25) is 4.79 Å². The molecule has 5 nitrogen and oxygen atoms in total. The van der Waals surface area contributed by atoms with Gasteiger partial charge in [0.15, 0.2) is 0 Å². The molecule has 0 bridgehead atoms. The monoisotopic (exact) mass is 337 g/mol. The van der Waals surface area contributed by atoms with Crippen LogP contribution < -0.4 is 5.32 Å². The van der Waals surface area contributed by atoms with Crippen LogP contribution in [0.5, 0.6) is 0 Å². The molecule has 1 aromatic heterocycles. The Morgan fingerprint density at radius 2 is 1.91 bits per heavy atom. The summed E-state index contributed by atoms with van der Waals surface area (Å²) in [6, 6.07) is 2.12. The van der Waals surface area contributed by atoms with E-state index < -0.39 is 0 Å². The second-order valence-corrected chi connectivity index (χ2v) is 7.99. The number of hydrogen-bond acceptors (Lipinski definition) is 3. The molecule has 0 spiro atoms. The number of carbonyl (C=O) groups is 2. The normalized spacial score (nSPS) is 17.0. The van der Waals surface area contributed by atoms with Crippen LogP contribution in [0.1, 0.15) is 41.1 Å². The minimum atomic E-state index is -0.0310. The SMILES string of the molecule is Cc1cc(C(C)NC(=O)N2CCC(C(=O)N(C)C)CC2)c(C)s1. The summed E-state index contributed by atoms with van der Waals surface area (Å²) in [6.45, 7) is 7.49. The Hall–Kier alpha value is -1.56. The molecule has 1 aliphatic heterocycles. The zero-order chi connectivity index (χ0) is 17.1. The van der Waals surface area contributed by atoms with Gasteiger partial charge in [-0.1, -0.05) is 0 Å². The second kappa shape index (κ2) is 7.34. The highest BCUT2D eigenvalue weighted by atomic mass is 32.1. The minimum Gasteiger partial charge on any atom is -0.349 e. The average Bonchev–Trinajstić information content (AvgIpc) is 2.85. The van der Waals surface area contributed by atoms with E-state index in [0.717, 1.165) is 12.8 Å². The standard InChI is InChI=1S/C17H27N3O2S/c1-11-10-15(13(3)23-11)12(2)18-17(22)20-8-6-14(7-9-20)16(21)19(4)5/h10,12,14H,6-9H2,1-5H3,(H,18,22). The molecule has 0 aliphatic carbocycles. The molecule has 3 amide bonds. The number of aryl methyl sites for hydroxylation is 2. The minimum absolute atomic E-state index is 0.00794. The maximum Gasteiger partial charge on any atom is 0.317 e. The highest BCUT2D eigenvalue weighted by Crippen LogP contribution is 2.26. The van der Waals surface area contributed by atoms with Gasteiger partial charge in [-0.25, -0.2) is 4.79 Å². The summed E-state index contributed by atoms with van der Waals surface area (Å²) in [6.07, 6.45) is 1.49. The maximum atomic E-state index is 12.4. The van der Waals surface area contributed by atoms with Crippen LogP contribution in [-0.4, -0.2) is 48.9 Å². The van der Waals surface area contributed by atoms with E-state index in [9.17, 15) is 9.59 Å². The first-order valence-corrected chi connectivity index (χ1v) is 8.94. The van der Waals surface area contributed by atoms with Crippen molar-refractivity contribution in [2.24, 2.45) is 5.92 Å². The molecule has 1 saturated heterocycles. The molecule has 1 aromatic rings. The quantitative estimate of drug-likeness (QED) is 0.922. The van der Waals surface area contributed by atoms with Crippen LogP contribution in [0.3, 0.4) is 0 Å². The van der Waals surface area contributed by atoms with Gasteiger partial charge in [0.25, 0.3) is 0 Å². The lowest BCUT2D eigenvalue weighted by atomic mass is 9.96.